The zero-order valence-electron chi connectivity index (χ0n) is 18.7. The highest BCUT2D eigenvalue weighted by molar-refractivity contribution is 7.18. The second kappa shape index (κ2) is 8.76. The van der Waals surface area contributed by atoms with E-state index in [0.29, 0.717) is 19.4 Å². The first-order valence-corrected chi connectivity index (χ1v) is 12.1. The van der Waals surface area contributed by atoms with E-state index < -0.39 is 11.4 Å². The number of piperazine rings is 1. The molecule has 2 aromatic carbocycles. The van der Waals surface area contributed by atoms with Crippen molar-refractivity contribution in [1.29, 1.82) is 0 Å². The molecule has 0 bridgehead atoms. The first-order valence-electron chi connectivity index (χ1n) is 11.3. The van der Waals surface area contributed by atoms with Gasteiger partial charge >= 0.3 is 5.97 Å². The maximum atomic E-state index is 13.2. The number of benzene rings is 2. The highest BCUT2D eigenvalue weighted by Crippen LogP contribution is 2.40. The fourth-order valence-corrected chi connectivity index (χ4v) is 5.88. The van der Waals surface area contributed by atoms with Crippen LogP contribution in [0.25, 0.3) is 10.2 Å². The van der Waals surface area contributed by atoms with Crippen LogP contribution in [0.4, 0.5) is 5.69 Å². The maximum absolute atomic E-state index is 13.2. The SMILES string of the molecule is CN1CCN(c2ccc3sc(CNC(=O)C4(CC(=O)O)Cc5ccccc5C4)nc3c2)CC1. The van der Waals surface area contributed by atoms with Gasteiger partial charge in [0.1, 0.15) is 5.01 Å². The lowest BCUT2D eigenvalue weighted by Gasteiger charge is -2.34. The number of hydrogen-bond acceptors (Lipinski definition) is 6. The summed E-state index contributed by atoms with van der Waals surface area (Å²) < 4.78 is 1.09. The quantitative estimate of drug-likeness (QED) is 0.584. The average molecular weight is 465 g/mol. The predicted molar refractivity (Wildman–Crippen MR) is 130 cm³/mol. The molecule has 0 radical (unpaired) electrons. The minimum absolute atomic E-state index is 0.179. The van der Waals surface area contributed by atoms with Gasteiger partial charge < -0.3 is 20.2 Å². The first kappa shape index (κ1) is 21.9. The minimum atomic E-state index is -0.950. The van der Waals surface area contributed by atoms with Crippen molar-refractivity contribution in [3.8, 4) is 0 Å². The summed E-state index contributed by atoms with van der Waals surface area (Å²) >= 11 is 1.57. The van der Waals surface area contributed by atoms with Gasteiger partial charge in [0.25, 0.3) is 0 Å². The van der Waals surface area contributed by atoms with Gasteiger partial charge in [-0.1, -0.05) is 24.3 Å². The van der Waals surface area contributed by atoms with Crippen LogP contribution in [0.1, 0.15) is 22.6 Å². The van der Waals surface area contributed by atoms with Crippen molar-refractivity contribution < 1.29 is 14.7 Å². The summed E-state index contributed by atoms with van der Waals surface area (Å²) in [6, 6.07) is 14.2. The Morgan fingerprint density at radius 3 is 2.45 bits per heavy atom. The third kappa shape index (κ3) is 4.45. The number of nitrogens with one attached hydrogen (secondary N) is 1. The van der Waals surface area contributed by atoms with E-state index in [0.717, 1.165) is 52.5 Å². The molecule has 1 aromatic heterocycles. The van der Waals surface area contributed by atoms with Crippen LogP contribution in [0.2, 0.25) is 0 Å². The van der Waals surface area contributed by atoms with Gasteiger partial charge in [-0.2, -0.15) is 0 Å². The number of carbonyl (C=O) groups is 2. The minimum Gasteiger partial charge on any atom is -0.481 e. The number of aromatic nitrogens is 1. The molecular formula is C25H28N4O3S. The van der Waals surface area contributed by atoms with Crippen molar-refractivity contribution in [1.82, 2.24) is 15.2 Å². The van der Waals surface area contributed by atoms with Crippen molar-refractivity contribution >= 4 is 39.1 Å². The number of fused-ring (bicyclic) bond motifs is 2. The van der Waals surface area contributed by atoms with Gasteiger partial charge in [-0.3, -0.25) is 9.59 Å². The summed E-state index contributed by atoms with van der Waals surface area (Å²) in [6.07, 6.45) is 0.729. The van der Waals surface area contributed by atoms with Gasteiger partial charge in [0.05, 0.1) is 28.6 Å². The van der Waals surface area contributed by atoms with Crippen LogP contribution >= 0.6 is 11.3 Å². The molecule has 2 aliphatic rings. The number of thiazole rings is 1. The number of likely N-dealkylation sites (N-methyl/N-ethyl adjacent to an activating group) is 1. The number of carboxylic acids is 1. The number of nitrogens with zero attached hydrogens (tertiary/aromatic N) is 3. The summed E-state index contributed by atoms with van der Waals surface area (Å²) in [7, 11) is 2.15. The summed E-state index contributed by atoms with van der Waals surface area (Å²) in [5.41, 5.74) is 3.30. The molecule has 33 heavy (non-hydrogen) atoms. The topological polar surface area (TPSA) is 85.8 Å². The molecule has 1 amide bonds. The molecule has 2 N–H and O–H groups in total. The molecule has 0 unspecified atom stereocenters. The highest BCUT2D eigenvalue weighted by atomic mass is 32.1. The Kier molecular flexibility index (Phi) is 5.80. The van der Waals surface area contributed by atoms with Gasteiger partial charge in [0.2, 0.25) is 5.91 Å². The van der Waals surface area contributed by atoms with Crippen molar-refractivity contribution in [3.63, 3.8) is 0 Å². The first-order chi connectivity index (χ1) is 15.9. The molecule has 172 valence electrons. The van der Waals surface area contributed by atoms with Gasteiger partial charge in [-0.15, -0.1) is 11.3 Å². The van der Waals surface area contributed by atoms with Gasteiger partial charge in [0.15, 0.2) is 0 Å². The fourth-order valence-electron chi connectivity index (χ4n) is 4.99. The third-order valence-corrected chi connectivity index (χ3v) is 7.87. The van der Waals surface area contributed by atoms with E-state index in [1.807, 2.05) is 24.3 Å². The standard InChI is InChI=1S/C25H28N4O3S/c1-28-8-10-29(11-9-28)19-6-7-21-20(12-19)27-22(33-21)16-26-24(32)25(15-23(30)31)13-17-4-2-3-5-18(17)14-25/h2-7,12H,8-11,13-16H2,1H3,(H,26,32)(H,30,31). The predicted octanol–water partition coefficient (Wildman–Crippen LogP) is 2.92. The molecule has 5 rings (SSSR count). The molecule has 2 heterocycles. The van der Waals surface area contributed by atoms with Gasteiger partial charge in [-0.05, 0) is 49.2 Å². The summed E-state index contributed by atoms with van der Waals surface area (Å²) in [6.45, 7) is 4.41. The largest absolute Gasteiger partial charge is 0.481 e. The molecule has 1 aliphatic heterocycles. The van der Waals surface area contributed by atoms with E-state index in [1.165, 1.54) is 5.69 Å². The van der Waals surface area contributed by atoms with Crippen molar-refractivity contribution in [2.75, 3.05) is 38.1 Å². The number of rotatable bonds is 6. The number of aliphatic carboxylic acids is 1. The lowest BCUT2D eigenvalue weighted by Crippen LogP contribution is -2.44. The normalized spacial score (nSPS) is 17.8. The van der Waals surface area contributed by atoms with Crippen LogP contribution in [0.15, 0.2) is 42.5 Å². The molecule has 1 aliphatic carbocycles. The van der Waals surface area contributed by atoms with Crippen LogP contribution in [0.3, 0.4) is 0 Å². The fraction of sp³-hybridized carbons (Fsp3) is 0.400. The zero-order chi connectivity index (χ0) is 23.0. The number of amides is 1. The Labute approximate surface area is 197 Å². The molecular weight excluding hydrogens is 436 g/mol. The Balaban J connectivity index is 1.29. The molecule has 3 aromatic rings. The van der Waals surface area contributed by atoms with Gasteiger partial charge in [0, 0.05) is 31.9 Å². The molecule has 0 atom stereocenters. The smallest absolute Gasteiger partial charge is 0.304 e. The summed E-state index contributed by atoms with van der Waals surface area (Å²) in [5, 5.41) is 13.3. The number of carbonyl (C=O) groups excluding carboxylic acids is 1. The van der Waals surface area contributed by atoms with Crippen molar-refractivity contribution in [2.24, 2.45) is 5.41 Å². The van der Waals surface area contributed by atoms with Crippen LogP contribution in [-0.2, 0) is 29.0 Å². The average Bonchev–Trinajstić information content (AvgIpc) is 3.38. The van der Waals surface area contributed by atoms with E-state index in [-0.39, 0.29) is 12.3 Å². The summed E-state index contributed by atoms with van der Waals surface area (Å²) in [5.74, 6) is -1.16. The number of carboxylic acid groups (broad SMARTS) is 1. The van der Waals surface area contributed by atoms with E-state index >= 15 is 0 Å². The van der Waals surface area contributed by atoms with Crippen molar-refractivity contribution in [2.45, 2.75) is 25.8 Å². The molecule has 1 fully saturated rings. The molecule has 8 heteroatoms. The Morgan fingerprint density at radius 2 is 1.79 bits per heavy atom. The molecule has 7 nitrogen and oxygen atoms in total. The Bertz CT molecular complexity index is 1170. The van der Waals surface area contributed by atoms with Crippen LogP contribution in [0.5, 0.6) is 0 Å². The van der Waals surface area contributed by atoms with Crippen LogP contribution in [-0.4, -0.2) is 60.1 Å². The highest BCUT2D eigenvalue weighted by Gasteiger charge is 2.45. The number of hydrogen-bond donors (Lipinski definition) is 2. The molecule has 0 spiro atoms. The van der Waals surface area contributed by atoms with E-state index in [9.17, 15) is 14.7 Å². The second-order valence-electron chi connectivity index (χ2n) is 9.21. The summed E-state index contributed by atoms with van der Waals surface area (Å²) in [4.78, 5) is 34.3. The lowest BCUT2D eigenvalue weighted by atomic mass is 9.80. The maximum Gasteiger partial charge on any atom is 0.304 e. The molecule has 0 saturated carbocycles. The third-order valence-electron chi connectivity index (χ3n) is 6.83. The Morgan fingerprint density at radius 1 is 1.09 bits per heavy atom. The van der Waals surface area contributed by atoms with Crippen molar-refractivity contribution in [3.05, 3.63) is 58.6 Å². The second-order valence-corrected chi connectivity index (χ2v) is 10.3. The molecule has 1 saturated heterocycles. The van der Waals surface area contributed by atoms with Gasteiger partial charge in [-0.25, -0.2) is 4.98 Å². The monoisotopic (exact) mass is 464 g/mol. The lowest BCUT2D eigenvalue weighted by molar-refractivity contribution is -0.145. The Hall–Kier alpha value is -2.97. The van der Waals surface area contributed by atoms with Crippen LogP contribution in [0, 0.1) is 5.41 Å². The van der Waals surface area contributed by atoms with Crippen LogP contribution < -0.4 is 10.2 Å². The zero-order valence-corrected chi connectivity index (χ0v) is 19.5. The van der Waals surface area contributed by atoms with E-state index in [1.54, 1.807) is 11.3 Å². The number of anilines is 1. The van der Waals surface area contributed by atoms with E-state index in [2.05, 4.69) is 40.4 Å². The van der Waals surface area contributed by atoms with E-state index in [4.69, 9.17) is 4.98 Å².